The molecule has 3 rings (SSSR count). The molecular formula is C8H12N6NaO5S. The Balaban J connectivity index is 0.00000161. The minimum Gasteiger partial charge on any atom is -0.310 e. The summed E-state index contributed by atoms with van der Waals surface area (Å²) in [6.07, 6.45) is 1.10. The summed E-state index contributed by atoms with van der Waals surface area (Å²) in [6.45, 7) is 0.297. The predicted octanol–water partition coefficient (Wildman–Crippen LogP) is -1.50. The molecule has 0 aromatic carbocycles. The van der Waals surface area contributed by atoms with Gasteiger partial charge in [0.2, 0.25) is 0 Å². The van der Waals surface area contributed by atoms with Gasteiger partial charge in [0.1, 0.15) is 0 Å². The quantitative estimate of drug-likeness (QED) is 0.524. The van der Waals surface area contributed by atoms with Gasteiger partial charge in [0.15, 0.2) is 5.82 Å². The molecule has 2 bridgehead atoms. The van der Waals surface area contributed by atoms with Crippen LogP contribution >= 0.6 is 0 Å². The molecule has 111 valence electrons. The summed E-state index contributed by atoms with van der Waals surface area (Å²) in [5.74, 6) is 0.519. The van der Waals surface area contributed by atoms with E-state index in [2.05, 4.69) is 19.8 Å². The van der Waals surface area contributed by atoms with Crippen LogP contribution < -0.4 is 0 Å². The number of hydroxylamine groups is 2. The predicted molar refractivity (Wildman–Crippen MR) is 66.9 cm³/mol. The number of piperidine rings is 1. The largest absolute Gasteiger partial charge is 0.418 e. The third kappa shape index (κ3) is 3.05. The van der Waals surface area contributed by atoms with Crippen LogP contribution in [-0.4, -0.2) is 91.3 Å². The van der Waals surface area contributed by atoms with Gasteiger partial charge < -0.3 is 4.90 Å². The Bertz CT molecular complexity index is 649. The number of carbonyl (C=O) groups excluding carboxylic acids is 1. The van der Waals surface area contributed by atoms with Gasteiger partial charge in [0.05, 0.1) is 12.1 Å². The number of tetrazole rings is 1. The number of aromatic nitrogens is 4. The van der Waals surface area contributed by atoms with Gasteiger partial charge in [0.25, 0.3) is 0 Å². The number of carbonyl (C=O) groups is 1. The minimum absolute atomic E-state index is 0. The molecule has 2 amide bonds. The first kappa shape index (κ1) is 16.6. The normalized spacial score (nSPS) is 25.1. The Hall–Kier alpha value is -0.790. The maximum atomic E-state index is 12.2. The van der Waals surface area contributed by atoms with Crippen LogP contribution in [0, 0.1) is 0 Å². The maximum Gasteiger partial charge on any atom is 0.418 e. The molecule has 21 heavy (non-hydrogen) atoms. The SMILES string of the molecule is Cn1nnnc1[C@@H]1CC[C@@H]2CN1C(=O)N2OS(=O)(=O)O.[Na]. The van der Waals surface area contributed by atoms with Gasteiger partial charge in [-0.25, -0.2) is 9.48 Å². The molecule has 2 atom stereocenters. The standard InChI is InChI=1S/C8H12N6O5S.Na/c1-12-7(9-10-11-12)6-3-2-5-4-13(6)8(15)14(5)19-20(16,17)18;/h5-6H,2-4H2,1H3,(H,16,17,18);/t5-,6+;/m1./s1. The van der Waals surface area contributed by atoms with Crippen LogP contribution in [0.3, 0.4) is 0 Å². The van der Waals surface area contributed by atoms with Crippen LogP contribution in [0.4, 0.5) is 4.79 Å². The van der Waals surface area contributed by atoms with Crippen LogP contribution in [0.5, 0.6) is 0 Å². The first-order valence-corrected chi connectivity index (χ1v) is 7.22. The molecule has 2 aliphatic rings. The van der Waals surface area contributed by atoms with E-state index in [0.717, 1.165) is 0 Å². The zero-order valence-electron chi connectivity index (χ0n) is 11.4. The molecule has 0 spiro atoms. The van der Waals surface area contributed by atoms with Crippen LogP contribution in [0.1, 0.15) is 24.7 Å². The number of urea groups is 1. The zero-order valence-corrected chi connectivity index (χ0v) is 14.3. The number of fused-ring (bicyclic) bond motifs is 2. The Morgan fingerprint density at radius 1 is 1.38 bits per heavy atom. The van der Waals surface area contributed by atoms with Gasteiger partial charge in [-0.1, -0.05) is 0 Å². The van der Waals surface area contributed by atoms with E-state index in [9.17, 15) is 13.2 Å². The molecule has 0 aliphatic carbocycles. The molecule has 0 unspecified atom stereocenters. The monoisotopic (exact) mass is 327 g/mol. The summed E-state index contributed by atoms with van der Waals surface area (Å²) in [5, 5.41) is 11.8. The van der Waals surface area contributed by atoms with Crippen molar-refractivity contribution in [3.63, 3.8) is 0 Å². The second-order valence-corrected chi connectivity index (χ2v) is 5.68. The van der Waals surface area contributed by atoms with Gasteiger partial charge in [-0.15, -0.1) is 9.38 Å². The van der Waals surface area contributed by atoms with E-state index in [1.54, 1.807) is 7.05 Å². The van der Waals surface area contributed by atoms with E-state index in [0.29, 0.717) is 30.3 Å². The minimum atomic E-state index is -4.73. The molecular weight excluding hydrogens is 315 g/mol. The van der Waals surface area contributed by atoms with Crippen LogP contribution in [-0.2, 0) is 21.7 Å². The first-order valence-electron chi connectivity index (χ1n) is 5.86. The Morgan fingerprint density at radius 2 is 2.10 bits per heavy atom. The summed E-state index contributed by atoms with van der Waals surface area (Å²) >= 11 is 0. The van der Waals surface area contributed by atoms with Crippen LogP contribution in [0.25, 0.3) is 0 Å². The van der Waals surface area contributed by atoms with Crippen LogP contribution in [0.2, 0.25) is 0 Å². The van der Waals surface area contributed by atoms with Crippen molar-refractivity contribution < 1.29 is 22.0 Å². The van der Waals surface area contributed by atoms with E-state index < -0.39 is 22.5 Å². The van der Waals surface area contributed by atoms with Crippen molar-refractivity contribution in [3.8, 4) is 0 Å². The van der Waals surface area contributed by atoms with Gasteiger partial charge in [-0.2, -0.15) is 13.5 Å². The van der Waals surface area contributed by atoms with Gasteiger partial charge in [-0.05, 0) is 23.3 Å². The van der Waals surface area contributed by atoms with E-state index in [-0.39, 0.29) is 35.6 Å². The van der Waals surface area contributed by atoms with Crippen molar-refractivity contribution in [2.45, 2.75) is 24.9 Å². The molecule has 2 saturated heterocycles. The molecule has 13 heteroatoms. The first-order chi connectivity index (χ1) is 9.37. The van der Waals surface area contributed by atoms with Crippen molar-refractivity contribution in [3.05, 3.63) is 5.82 Å². The molecule has 11 nitrogen and oxygen atoms in total. The fourth-order valence-electron chi connectivity index (χ4n) is 2.62. The molecule has 1 aromatic rings. The summed E-state index contributed by atoms with van der Waals surface area (Å²) < 4.78 is 36.0. The number of hydrogen-bond donors (Lipinski definition) is 1. The molecule has 2 fully saturated rings. The number of amides is 2. The Morgan fingerprint density at radius 3 is 2.67 bits per heavy atom. The molecule has 2 aliphatic heterocycles. The summed E-state index contributed by atoms with van der Waals surface area (Å²) in [4.78, 5) is 13.6. The van der Waals surface area contributed by atoms with Crippen molar-refractivity contribution in [2.75, 3.05) is 6.54 Å². The Kier molecular flexibility index (Phi) is 4.56. The second kappa shape index (κ2) is 5.78. The van der Waals surface area contributed by atoms with E-state index >= 15 is 0 Å². The van der Waals surface area contributed by atoms with Gasteiger partial charge in [0, 0.05) is 43.1 Å². The average Bonchev–Trinajstić information content (AvgIpc) is 2.87. The molecule has 1 N–H and O–H groups in total. The summed E-state index contributed by atoms with van der Waals surface area (Å²) in [7, 11) is -3.06. The summed E-state index contributed by atoms with van der Waals surface area (Å²) in [6, 6.07) is -1.38. The van der Waals surface area contributed by atoms with Gasteiger partial charge in [-0.3, -0.25) is 4.55 Å². The van der Waals surface area contributed by atoms with Crippen molar-refractivity contribution >= 4 is 46.0 Å². The Labute approximate surface area is 142 Å². The van der Waals surface area contributed by atoms with E-state index in [1.165, 1.54) is 9.58 Å². The topological polar surface area (TPSA) is 131 Å². The third-order valence-electron chi connectivity index (χ3n) is 3.45. The molecule has 1 radical (unpaired) electrons. The van der Waals surface area contributed by atoms with Crippen molar-refractivity contribution in [2.24, 2.45) is 7.05 Å². The molecule has 1 aromatic heterocycles. The molecule has 0 saturated carbocycles. The third-order valence-corrected chi connectivity index (χ3v) is 3.80. The second-order valence-electron chi connectivity index (χ2n) is 4.67. The maximum absolute atomic E-state index is 12.2. The smallest absolute Gasteiger partial charge is 0.310 e. The molecule has 3 heterocycles. The fraction of sp³-hybridized carbons (Fsp3) is 0.750. The zero-order chi connectivity index (χ0) is 14.5. The number of rotatable bonds is 3. The van der Waals surface area contributed by atoms with E-state index in [1.807, 2.05) is 0 Å². The fourth-order valence-corrected chi connectivity index (χ4v) is 3.01. The summed E-state index contributed by atoms with van der Waals surface area (Å²) in [5.41, 5.74) is 0. The number of hydrogen-bond acceptors (Lipinski definition) is 7. The van der Waals surface area contributed by atoms with E-state index in [4.69, 9.17) is 4.55 Å². The van der Waals surface area contributed by atoms with Crippen molar-refractivity contribution in [1.82, 2.24) is 30.2 Å². The van der Waals surface area contributed by atoms with Gasteiger partial charge >= 0.3 is 16.4 Å². The average molecular weight is 327 g/mol. The van der Waals surface area contributed by atoms with Crippen molar-refractivity contribution in [1.29, 1.82) is 0 Å². The number of aryl methyl sites for hydroxylation is 1. The van der Waals surface area contributed by atoms with Crippen LogP contribution in [0.15, 0.2) is 0 Å². The number of nitrogens with zero attached hydrogens (tertiary/aromatic N) is 6.